The minimum atomic E-state index is -6.07. The third-order valence-electron chi connectivity index (χ3n) is 2.81. The van der Waals surface area contributed by atoms with Gasteiger partial charge in [-0.3, -0.25) is 4.89 Å². The van der Waals surface area contributed by atoms with Crippen molar-refractivity contribution in [3.63, 3.8) is 0 Å². The summed E-state index contributed by atoms with van der Waals surface area (Å²) in [5.74, 6) is -2.63. The summed E-state index contributed by atoms with van der Waals surface area (Å²) >= 11 is 0. The fraction of sp³-hybridized carbons (Fsp3) is 0.0769. The number of alkyl halides is 3. The predicted octanol–water partition coefficient (Wildman–Crippen LogP) is 2.48. The molecular weight excluding hydrogens is 357 g/mol. The number of carboxylic acid groups (broad SMARTS) is 1. The second-order valence-corrected chi connectivity index (χ2v) is 5.93. The lowest BCUT2D eigenvalue weighted by atomic mass is 10.0. The third kappa shape index (κ3) is 3.63. The molecule has 0 saturated heterocycles. The van der Waals surface area contributed by atoms with Crippen molar-refractivity contribution in [1.82, 2.24) is 0 Å². The molecule has 1 N–H and O–H groups in total. The van der Waals surface area contributed by atoms with E-state index in [0.717, 1.165) is 6.07 Å². The van der Waals surface area contributed by atoms with Crippen LogP contribution in [0.2, 0.25) is 0 Å². The minimum Gasteiger partial charge on any atom is -0.478 e. The zero-order chi connectivity index (χ0) is 18.1. The van der Waals surface area contributed by atoms with Crippen molar-refractivity contribution in [2.75, 3.05) is 0 Å². The van der Waals surface area contributed by atoms with Crippen LogP contribution >= 0.6 is 0 Å². The molecule has 0 radical (unpaired) electrons. The summed E-state index contributed by atoms with van der Waals surface area (Å²) in [6.45, 7) is 0. The molecule has 7 nitrogen and oxygen atoms in total. The summed E-state index contributed by atoms with van der Waals surface area (Å²) in [4.78, 5) is 26.1. The number of carbonyl (C=O) groups is 2. The number of fused-ring (bicyclic) bond motifs is 1. The first-order valence-electron chi connectivity index (χ1n) is 6.00. The highest BCUT2D eigenvalue weighted by Crippen LogP contribution is 2.25. The van der Waals surface area contributed by atoms with Crippen LogP contribution in [-0.4, -0.2) is 31.0 Å². The fourth-order valence-corrected chi connectivity index (χ4v) is 1.90. The molecule has 0 spiro atoms. The highest BCUT2D eigenvalue weighted by Gasteiger charge is 2.49. The molecule has 11 heteroatoms. The maximum absolute atomic E-state index is 12.0. The molecule has 0 aromatic heterocycles. The number of hydrogen-bond acceptors (Lipinski definition) is 6. The van der Waals surface area contributed by atoms with Crippen LogP contribution in [0.1, 0.15) is 20.7 Å². The summed E-state index contributed by atoms with van der Waals surface area (Å²) in [6.07, 6.45) is 0. The molecule has 0 aliphatic heterocycles. The van der Waals surface area contributed by atoms with E-state index in [4.69, 9.17) is 5.11 Å². The van der Waals surface area contributed by atoms with Gasteiger partial charge in [-0.25, -0.2) is 9.59 Å². The van der Waals surface area contributed by atoms with Crippen LogP contribution in [0.15, 0.2) is 36.4 Å². The van der Waals surface area contributed by atoms with Gasteiger partial charge < -0.3 is 5.11 Å². The first-order valence-corrected chi connectivity index (χ1v) is 7.41. The smallest absolute Gasteiger partial charge is 0.478 e. The van der Waals surface area contributed by atoms with Crippen molar-refractivity contribution in [3.05, 3.63) is 47.5 Å². The van der Waals surface area contributed by atoms with Crippen molar-refractivity contribution in [2.24, 2.45) is 0 Å². The van der Waals surface area contributed by atoms with E-state index >= 15 is 0 Å². The van der Waals surface area contributed by atoms with Gasteiger partial charge in [0.2, 0.25) is 0 Å². The molecule has 0 aliphatic carbocycles. The Balaban J connectivity index is 2.22. The molecule has 2 rings (SSSR count). The molecule has 24 heavy (non-hydrogen) atoms. The molecule has 0 aliphatic rings. The second-order valence-electron chi connectivity index (χ2n) is 4.42. The standard InChI is InChI=1S/C13H7F3O7S/c14-13(15,16)24(20,21)23-22-12(19)10-4-2-7-5-9(11(17)18)3-1-8(7)6-10/h1-6H,(H,17,18). The lowest BCUT2D eigenvalue weighted by Crippen LogP contribution is -2.26. The SMILES string of the molecule is O=C(O)c1ccc2cc(C(=O)OOS(=O)(=O)C(F)(F)F)ccc2c1. The predicted molar refractivity (Wildman–Crippen MR) is 72.4 cm³/mol. The van der Waals surface area contributed by atoms with Crippen LogP contribution in [0.25, 0.3) is 10.8 Å². The molecule has 2 aromatic carbocycles. The summed E-state index contributed by atoms with van der Waals surface area (Å²) in [5, 5.41) is 9.68. The lowest BCUT2D eigenvalue weighted by Gasteiger charge is -2.07. The number of aromatic carboxylic acids is 1. The largest absolute Gasteiger partial charge is 0.526 e. The maximum atomic E-state index is 12.0. The van der Waals surface area contributed by atoms with Gasteiger partial charge >= 0.3 is 27.6 Å². The Morgan fingerprint density at radius 3 is 1.96 bits per heavy atom. The molecule has 0 saturated carbocycles. The Labute approximate surface area is 132 Å². The molecule has 128 valence electrons. The third-order valence-corrected chi connectivity index (χ3v) is 3.62. The van der Waals surface area contributed by atoms with Gasteiger partial charge in [-0.1, -0.05) is 12.1 Å². The van der Waals surface area contributed by atoms with Crippen molar-refractivity contribution in [1.29, 1.82) is 0 Å². The van der Waals surface area contributed by atoms with E-state index in [0.29, 0.717) is 10.8 Å². The van der Waals surface area contributed by atoms with Gasteiger partial charge in [0.1, 0.15) is 0 Å². The van der Waals surface area contributed by atoms with E-state index in [9.17, 15) is 31.2 Å². The van der Waals surface area contributed by atoms with Gasteiger partial charge in [-0.05, 0) is 39.4 Å². The van der Waals surface area contributed by atoms with Crippen LogP contribution < -0.4 is 0 Å². The zero-order valence-electron chi connectivity index (χ0n) is 11.4. The van der Waals surface area contributed by atoms with Crippen LogP contribution in [-0.2, 0) is 19.3 Å². The number of halogens is 3. The van der Waals surface area contributed by atoms with E-state index in [1.54, 1.807) is 0 Å². The van der Waals surface area contributed by atoms with Gasteiger partial charge in [0.05, 0.1) is 11.1 Å². The summed E-state index contributed by atoms with van der Waals surface area (Å²) < 4.78 is 60.6. The van der Waals surface area contributed by atoms with Crippen molar-refractivity contribution < 1.29 is 45.5 Å². The molecule has 2 aromatic rings. The van der Waals surface area contributed by atoms with Crippen molar-refractivity contribution in [3.8, 4) is 0 Å². The highest BCUT2D eigenvalue weighted by molar-refractivity contribution is 7.87. The topological polar surface area (TPSA) is 107 Å². The van der Waals surface area contributed by atoms with Crippen LogP contribution in [0.4, 0.5) is 13.2 Å². The summed E-state index contributed by atoms with van der Waals surface area (Å²) in [6, 6.07) is 7.54. The first-order chi connectivity index (χ1) is 11.0. The maximum Gasteiger partial charge on any atom is 0.526 e. The molecule has 0 heterocycles. The zero-order valence-corrected chi connectivity index (χ0v) is 12.2. The number of rotatable bonds is 4. The van der Waals surface area contributed by atoms with E-state index in [1.807, 2.05) is 0 Å². The van der Waals surface area contributed by atoms with Crippen LogP contribution in [0.5, 0.6) is 0 Å². The second kappa shape index (κ2) is 6.09. The summed E-state index contributed by atoms with van der Waals surface area (Å²) in [5.41, 5.74) is -6.02. The molecular formula is C13H7F3O7S. The number of benzene rings is 2. The molecule has 0 bridgehead atoms. The Morgan fingerprint density at radius 1 is 0.958 bits per heavy atom. The average molecular weight is 364 g/mol. The van der Waals surface area contributed by atoms with Crippen LogP contribution in [0, 0.1) is 0 Å². The number of carbonyl (C=O) groups excluding carboxylic acids is 1. The Bertz CT molecular complexity index is 919. The fourth-order valence-electron chi connectivity index (χ4n) is 1.67. The normalized spacial score (nSPS) is 12.1. The molecule has 0 fully saturated rings. The van der Waals surface area contributed by atoms with E-state index in [1.165, 1.54) is 30.3 Å². The lowest BCUT2D eigenvalue weighted by molar-refractivity contribution is -0.163. The number of hydrogen-bond donors (Lipinski definition) is 1. The molecule has 0 unspecified atom stereocenters. The van der Waals surface area contributed by atoms with Crippen molar-refractivity contribution in [2.45, 2.75) is 5.51 Å². The van der Waals surface area contributed by atoms with Crippen LogP contribution in [0.3, 0.4) is 0 Å². The quantitative estimate of drug-likeness (QED) is 0.504. The Kier molecular flexibility index (Phi) is 4.49. The highest BCUT2D eigenvalue weighted by atomic mass is 32.2. The van der Waals surface area contributed by atoms with Crippen molar-refractivity contribution >= 4 is 32.8 Å². The molecule has 0 amide bonds. The Morgan fingerprint density at radius 2 is 1.46 bits per heavy atom. The minimum absolute atomic E-state index is 0.00238. The van der Waals surface area contributed by atoms with E-state index in [-0.39, 0.29) is 11.1 Å². The van der Waals surface area contributed by atoms with Gasteiger partial charge in [-0.15, -0.1) is 0 Å². The monoisotopic (exact) mass is 364 g/mol. The first kappa shape index (κ1) is 17.7. The van der Waals surface area contributed by atoms with Gasteiger partial charge in [0.25, 0.3) is 0 Å². The van der Waals surface area contributed by atoms with E-state index < -0.39 is 27.6 Å². The van der Waals surface area contributed by atoms with Gasteiger partial charge in [0.15, 0.2) is 0 Å². The molecule has 0 atom stereocenters. The van der Waals surface area contributed by atoms with Gasteiger partial charge in [-0.2, -0.15) is 21.6 Å². The number of carboxylic acids is 1. The Hall–Kier alpha value is -2.66. The van der Waals surface area contributed by atoms with E-state index in [2.05, 4.69) is 9.22 Å². The van der Waals surface area contributed by atoms with Gasteiger partial charge in [0, 0.05) is 0 Å². The summed E-state index contributed by atoms with van der Waals surface area (Å²) in [7, 11) is -6.07. The average Bonchev–Trinajstić information content (AvgIpc) is 2.50.